The third-order valence-corrected chi connectivity index (χ3v) is 3.03. The average Bonchev–Trinajstić information content (AvgIpc) is 2.49. The number of nitriles is 1. The van der Waals surface area contributed by atoms with Gasteiger partial charge in [0.1, 0.15) is 5.75 Å². The monoisotopic (exact) mass is 263 g/mol. The smallest absolute Gasteiger partial charge is 0.167 e. The number of hydrogen-bond acceptors (Lipinski definition) is 2. The molecule has 0 saturated heterocycles. The Morgan fingerprint density at radius 1 is 0.900 bits per heavy atom. The van der Waals surface area contributed by atoms with E-state index < -0.39 is 5.82 Å². The number of halogens is 1. The van der Waals surface area contributed by atoms with E-state index in [0.29, 0.717) is 5.75 Å². The SMILES string of the molecule is N#Cc1ccc(Oc2cccc3ccccc23)c(F)c1. The number of ether oxygens (including phenoxy) is 1. The van der Waals surface area contributed by atoms with Crippen LogP contribution in [0.25, 0.3) is 10.8 Å². The second-order valence-corrected chi connectivity index (χ2v) is 4.34. The van der Waals surface area contributed by atoms with Gasteiger partial charge in [-0.2, -0.15) is 5.26 Å². The topological polar surface area (TPSA) is 33.0 Å². The Hall–Kier alpha value is -2.86. The molecular weight excluding hydrogens is 253 g/mol. The van der Waals surface area contributed by atoms with Crippen LogP contribution in [0.3, 0.4) is 0 Å². The molecular formula is C17H10FNO. The molecule has 0 fully saturated rings. The van der Waals surface area contributed by atoms with E-state index in [9.17, 15) is 4.39 Å². The van der Waals surface area contributed by atoms with Gasteiger partial charge in [-0.15, -0.1) is 0 Å². The molecule has 0 aliphatic rings. The van der Waals surface area contributed by atoms with Gasteiger partial charge in [0.2, 0.25) is 0 Å². The third-order valence-electron chi connectivity index (χ3n) is 3.03. The van der Waals surface area contributed by atoms with Crippen molar-refractivity contribution in [1.82, 2.24) is 0 Å². The lowest BCUT2D eigenvalue weighted by Crippen LogP contribution is -1.90. The van der Waals surface area contributed by atoms with Gasteiger partial charge in [-0.3, -0.25) is 0 Å². The van der Waals surface area contributed by atoms with Crippen LogP contribution in [0.1, 0.15) is 5.56 Å². The maximum absolute atomic E-state index is 13.8. The first-order chi connectivity index (χ1) is 9.78. The summed E-state index contributed by atoms with van der Waals surface area (Å²) in [6.45, 7) is 0. The second kappa shape index (κ2) is 5.02. The minimum absolute atomic E-state index is 0.111. The highest BCUT2D eigenvalue weighted by Gasteiger charge is 2.08. The summed E-state index contributed by atoms with van der Waals surface area (Å²) in [5.74, 6) is 0.157. The van der Waals surface area contributed by atoms with Crippen LogP contribution in [0, 0.1) is 17.1 Å². The van der Waals surface area contributed by atoms with Gasteiger partial charge in [-0.25, -0.2) is 4.39 Å². The van der Waals surface area contributed by atoms with Gasteiger partial charge in [-0.05, 0) is 29.7 Å². The molecule has 0 atom stereocenters. The van der Waals surface area contributed by atoms with Gasteiger partial charge in [0.15, 0.2) is 11.6 Å². The lowest BCUT2D eigenvalue weighted by Gasteiger charge is -2.09. The van der Waals surface area contributed by atoms with Crippen LogP contribution in [0.5, 0.6) is 11.5 Å². The Labute approximate surface area is 115 Å². The van der Waals surface area contributed by atoms with E-state index in [2.05, 4.69) is 0 Å². The molecule has 0 aromatic heterocycles. The zero-order valence-corrected chi connectivity index (χ0v) is 10.5. The first-order valence-corrected chi connectivity index (χ1v) is 6.13. The molecule has 0 unspecified atom stereocenters. The number of benzene rings is 3. The maximum Gasteiger partial charge on any atom is 0.167 e. The minimum atomic E-state index is -0.544. The molecule has 0 bridgehead atoms. The Morgan fingerprint density at radius 2 is 1.70 bits per heavy atom. The van der Waals surface area contributed by atoms with Crippen LogP contribution < -0.4 is 4.74 Å². The zero-order chi connectivity index (χ0) is 13.9. The molecule has 0 spiro atoms. The summed E-state index contributed by atoms with van der Waals surface area (Å²) in [5, 5.41) is 10.7. The number of fused-ring (bicyclic) bond motifs is 1. The van der Waals surface area contributed by atoms with Crippen molar-refractivity contribution in [3.63, 3.8) is 0 Å². The Bertz CT molecular complexity index is 815. The van der Waals surface area contributed by atoms with Crippen molar-refractivity contribution in [1.29, 1.82) is 5.26 Å². The van der Waals surface area contributed by atoms with Crippen LogP contribution in [-0.4, -0.2) is 0 Å². The van der Waals surface area contributed by atoms with Crippen LogP contribution in [0.2, 0.25) is 0 Å². The van der Waals surface area contributed by atoms with Crippen LogP contribution >= 0.6 is 0 Å². The van der Waals surface area contributed by atoms with E-state index in [1.54, 1.807) is 6.07 Å². The molecule has 2 nitrogen and oxygen atoms in total. The molecule has 3 heteroatoms. The van der Waals surface area contributed by atoms with E-state index >= 15 is 0 Å². The average molecular weight is 263 g/mol. The zero-order valence-electron chi connectivity index (χ0n) is 10.5. The minimum Gasteiger partial charge on any atom is -0.454 e. The molecule has 0 saturated carbocycles. The molecule has 0 radical (unpaired) electrons. The first-order valence-electron chi connectivity index (χ1n) is 6.13. The predicted molar refractivity (Wildman–Crippen MR) is 75.1 cm³/mol. The fraction of sp³-hybridized carbons (Fsp3) is 0. The van der Waals surface area contributed by atoms with Gasteiger partial charge in [0.25, 0.3) is 0 Å². The Kier molecular flexibility index (Phi) is 3.06. The Morgan fingerprint density at radius 3 is 2.50 bits per heavy atom. The number of nitrogens with zero attached hydrogens (tertiary/aromatic N) is 1. The second-order valence-electron chi connectivity index (χ2n) is 4.34. The highest BCUT2D eigenvalue weighted by molar-refractivity contribution is 5.88. The molecule has 3 aromatic carbocycles. The molecule has 0 heterocycles. The number of hydrogen-bond donors (Lipinski definition) is 0. The molecule has 0 amide bonds. The molecule has 0 aliphatic carbocycles. The van der Waals surface area contributed by atoms with Crippen molar-refractivity contribution in [2.24, 2.45) is 0 Å². The highest BCUT2D eigenvalue weighted by atomic mass is 19.1. The molecule has 20 heavy (non-hydrogen) atoms. The summed E-state index contributed by atoms with van der Waals surface area (Å²) in [6, 6.07) is 19.4. The fourth-order valence-electron chi connectivity index (χ4n) is 2.06. The van der Waals surface area contributed by atoms with Crippen LogP contribution in [0.4, 0.5) is 4.39 Å². The van der Waals surface area contributed by atoms with Gasteiger partial charge >= 0.3 is 0 Å². The molecule has 3 aromatic rings. The fourth-order valence-corrected chi connectivity index (χ4v) is 2.06. The van der Waals surface area contributed by atoms with Gasteiger partial charge in [0, 0.05) is 5.39 Å². The summed E-state index contributed by atoms with van der Waals surface area (Å²) in [6.07, 6.45) is 0. The summed E-state index contributed by atoms with van der Waals surface area (Å²) >= 11 is 0. The van der Waals surface area contributed by atoms with Crippen LogP contribution in [-0.2, 0) is 0 Å². The Balaban J connectivity index is 2.04. The summed E-state index contributed by atoms with van der Waals surface area (Å²) < 4.78 is 19.5. The van der Waals surface area contributed by atoms with Crippen molar-refractivity contribution >= 4 is 10.8 Å². The van der Waals surface area contributed by atoms with Crippen molar-refractivity contribution in [2.75, 3.05) is 0 Å². The van der Waals surface area contributed by atoms with Gasteiger partial charge in [-0.1, -0.05) is 36.4 Å². The van der Waals surface area contributed by atoms with E-state index in [-0.39, 0.29) is 11.3 Å². The largest absolute Gasteiger partial charge is 0.454 e. The molecule has 0 aliphatic heterocycles. The quantitative estimate of drug-likeness (QED) is 0.674. The van der Waals surface area contributed by atoms with E-state index in [1.165, 1.54) is 18.2 Å². The lowest BCUT2D eigenvalue weighted by molar-refractivity contribution is 0.446. The highest BCUT2D eigenvalue weighted by Crippen LogP contribution is 2.31. The summed E-state index contributed by atoms with van der Waals surface area (Å²) in [5.41, 5.74) is 0.271. The summed E-state index contributed by atoms with van der Waals surface area (Å²) in [4.78, 5) is 0. The van der Waals surface area contributed by atoms with Crippen LogP contribution in [0.15, 0.2) is 60.7 Å². The predicted octanol–water partition coefficient (Wildman–Crippen LogP) is 4.64. The molecule has 3 rings (SSSR count). The number of rotatable bonds is 2. The maximum atomic E-state index is 13.8. The van der Waals surface area contributed by atoms with Crippen molar-refractivity contribution in [3.8, 4) is 17.6 Å². The molecule has 0 N–H and O–H groups in total. The van der Waals surface area contributed by atoms with Crippen molar-refractivity contribution in [3.05, 3.63) is 72.0 Å². The summed E-state index contributed by atoms with van der Waals surface area (Å²) in [7, 11) is 0. The standard InChI is InChI=1S/C17H10FNO/c18-15-10-12(11-19)8-9-17(15)20-16-7-3-5-13-4-1-2-6-14(13)16/h1-10H. The van der Waals surface area contributed by atoms with Gasteiger partial charge in [0.05, 0.1) is 11.6 Å². The van der Waals surface area contributed by atoms with E-state index in [1.807, 2.05) is 42.5 Å². The van der Waals surface area contributed by atoms with Crippen molar-refractivity contribution in [2.45, 2.75) is 0 Å². The van der Waals surface area contributed by atoms with Crippen molar-refractivity contribution < 1.29 is 9.13 Å². The lowest BCUT2D eigenvalue weighted by atomic mass is 10.1. The normalized spacial score (nSPS) is 10.2. The third kappa shape index (κ3) is 2.19. The van der Waals surface area contributed by atoms with E-state index in [4.69, 9.17) is 10.00 Å². The first kappa shape index (κ1) is 12.2. The van der Waals surface area contributed by atoms with Gasteiger partial charge < -0.3 is 4.74 Å². The molecule has 96 valence electrons. The van der Waals surface area contributed by atoms with E-state index in [0.717, 1.165) is 10.8 Å².